The predicted molar refractivity (Wildman–Crippen MR) is 60.6 cm³/mol. The van der Waals surface area contributed by atoms with Crippen molar-refractivity contribution in [3.05, 3.63) is 23.8 Å². The third-order valence-electron chi connectivity index (χ3n) is 2.19. The van der Waals surface area contributed by atoms with Gasteiger partial charge in [0.2, 0.25) is 0 Å². The summed E-state index contributed by atoms with van der Waals surface area (Å²) in [6, 6.07) is -0.879. The normalized spacial score (nSPS) is 11.9. The smallest absolute Gasteiger partial charge is 0.326 e. The Hall–Kier alpha value is -1.98. The summed E-state index contributed by atoms with van der Waals surface area (Å²) < 4.78 is 0. The number of aryl methyl sites for hydroxylation is 1. The van der Waals surface area contributed by atoms with E-state index in [2.05, 4.69) is 15.3 Å². The maximum absolute atomic E-state index is 11.7. The molecule has 0 saturated carbocycles. The molecule has 0 aliphatic rings. The molecule has 17 heavy (non-hydrogen) atoms. The van der Waals surface area contributed by atoms with Crippen molar-refractivity contribution in [2.24, 2.45) is 0 Å². The molecule has 1 heterocycles. The minimum Gasteiger partial charge on any atom is -0.480 e. The molecule has 0 bridgehead atoms. The number of aromatic nitrogens is 2. The summed E-state index contributed by atoms with van der Waals surface area (Å²) >= 11 is 0. The number of nitrogens with one attached hydrogen (secondary N) is 1. The Morgan fingerprint density at radius 2 is 2.12 bits per heavy atom. The van der Waals surface area contributed by atoms with Crippen molar-refractivity contribution < 1.29 is 14.7 Å². The van der Waals surface area contributed by atoms with Crippen LogP contribution in [0.4, 0.5) is 0 Å². The van der Waals surface area contributed by atoms with Crippen LogP contribution in [0.15, 0.2) is 12.4 Å². The van der Waals surface area contributed by atoms with Crippen LogP contribution < -0.4 is 5.32 Å². The zero-order valence-corrected chi connectivity index (χ0v) is 9.80. The summed E-state index contributed by atoms with van der Waals surface area (Å²) in [5.74, 6) is -1.56. The maximum Gasteiger partial charge on any atom is 0.326 e. The Morgan fingerprint density at radius 1 is 1.41 bits per heavy atom. The second kappa shape index (κ2) is 5.93. The van der Waals surface area contributed by atoms with E-state index in [0.717, 1.165) is 0 Å². The van der Waals surface area contributed by atoms with E-state index in [1.807, 2.05) is 6.92 Å². The van der Waals surface area contributed by atoms with Gasteiger partial charge in [0, 0.05) is 6.20 Å². The molecule has 0 aliphatic carbocycles. The van der Waals surface area contributed by atoms with E-state index in [9.17, 15) is 9.59 Å². The quantitative estimate of drug-likeness (QED) is 0.789. The number of nitrogens with zero attached hydrogens (tertiary/aromatic N) is 2. The molecule has 92 valence electrons. The Balaban J connectivity index is 2.70. The summed E-state index contributed by atoms with van der Waals surface area (Å²) in [5.41, 5.74) is 0.822. The number of carboxylic acids is 1. The second-order valence-corrected chi connectivity index (χ2v) is 3.70. The van der Waals surface area contributed by atoms with Crippen LogP contribution in [0.2, 0.25) is 0 Å². The van der Waals surface area contributed by atoms with Gasteiger partial charge in [-0.25, -0.2) is 9.78 Å². The van der Waals surface area contributed by atoms with E-state index in [-0.39, 0.29) is 5.69 Å². The van der Waals surface area contributed by atoms with Gasteiger partial charge in [-0.1, -0.05) is 13.3 Å². The lowest BCUT2D eigenvalue weighted by molar-refractivity contribution is -0.139. The van der Waals surface area contributed by atoms with Crippen molar-refractivity contribution in [2.45, 2.75) is 32.7 Å². The fourth-order valence-corrected chi connectivity index (χ4v) is 1.29. The van der Waals surface area contributed by atoms with Gasteiger partial charge >= 0.3 is 5.97 Å². The lowest BCUT2D eigenvalue weighted by Crippen LogP contribution is -2.41. The monoisotopic (exact) mass is 237 g/mol. The molecule has 1 aromatic heterocycles. The first-order valence-corrected chi connectivity index (χ1v) is 5.37. The molecule has 1 rings (SSSR count). The first-order chi connectivity index (χ1) is 8.04. The molecule has 0 radical (unpaired) electrons. The van der Waals surface area contributed by atoms with Gasteiger partial charge in [0.05, 0.1) is 11.9 Å². The maximum atomic E-state index is 11.7. The van der Waals surface area contributed by atoms with Crippen LogP contribution in [-0.2, 0) is 4.79 Å². The SMILES string of the molecule is CCCC(NC(=O)c1cnc(C)cn1)C(=O)O. The van der Waals surface area contributed by atoms with Crippen LogP contribution in [0.25, 0.3) is 0 Å². The van der Waals surface area contributed by atoms with Crippen LogP contribution in [0.5, 0.6) is 0 Å². The van der Waals surface area contributed by atoms with E-state index in [1.165, 1.54) is 12.4 Å². The average Bonchev–Trinajstić information content (AvgIpc) is 2.29. The third-order valence-corrected chi connectivity index (χ3v) is 2.19. The standard InChI is InChI=1S/C11H15N3O3/c1-3-4-8(11(16)17)14-10(15)9-6-12-7(2)5-13-9/h5-6,8H,3-4H2,1-2H3,(H,14,15)(H,16,17). The zero-order valence-electron chi connectivity index (χ0n) is 9.80. The number of carbonyl (C=O) groups excluding carboxylic acids is 1. The van der Waals surface area contributed by atoms with E-state index >= 15 is 0 Å². The second-order valence-electron chi connectivity index (χ2n) is 3.70. The van der Waals surface area contributed by atoms with Crippen molar-refractivity contribution in [3.63, 3.8) is 0 Å². The van der Waals surface area contributed by atoms with Crippen LogP contribution in [0.1, 0.15) is 35.9 Å². The van der Waals surface area contributed by atoms with E-state index < -0.39 is 17.9 Å². The van der Waals surface area contributed by atoms with Gasteiger partial charge in [0.15, 0.2) is 0 Å². The Kier molecular flexibility index (Phi) is 4.56. The highest BCUT2D eigenvalue weighted by Crippen LogP contribution is 2.00. The first-order valence-electron chi connectivity index (χ1n) is 5.37. The number of hydrogen-bond acceptors (Lipinski definition) is 4. The average molecular weight is 237 g/mol. The summed E-state index contributed by atoms with van der Waals surface area (Å²) in [6.45, 7) is 3.61. The van der Waals surface area contributed by atoms with E-state index in [0.29, 0.717) is 18.5 Å². The minimum absolute atomic E-state index is 0.123. The molecule has 0 fully saturated rings. The number of amides is 1. The molecule has 0 saturated heterocycles. The number of carbonyl (C=O) groups is 2. The lowest BCUT2D eigenvalue weighted by atomic mass is 10.1. The van der Waals surface area contributed by atoms with Crippen molar-refractivity contribution in [1.29, 1.82) is 0 Å². The number of hydrogen-bond donors (Lipinski definition) is 2. The largest absolute Gasteiger partial charge is 0.480 e. The summed E-state index contributed by atoms with van der Waals surface area (Å²) in [5, 5.41) is 11.3. The predicted octanol–water partition coefficient (Wildman–Crippen LogP) is 0.768. The van der Waals surface area contributed by atoms with E-state index in [4.69, 9.17) is 5.11 Å². The zero-order chi connectivity index (χ0) is 12.8. The fourth-order valence-electron chi connectivity index (χ4n) is 1.29. The van der Waals surface area contributed by atoms with Gasteiger partial charge in [-0.05, 0) is 13.3 Å². The fraction of sp³-hybridized carbons (Fsp3) is 0.455. The van der Waals surface area contributed by atoms with Gasteiger partial charge in [-0.2, -0.15) is 0 Å². The summed E-state index contributed by atoms with van der Waals surface area (Å²) in [4.78, 5) is 30.3. The Labute approximate surface area is 99.1 Å². The highest BCUT2D eigenvalue weighted by molar-refractivity contribution is 5.94. The first kappa shape index (κ1) is 13.1. The lowest BCUT2D eigenvalue weighted by Gasteiger charge is -2.12. The number of aliphatic carboxylic acids is 1. The highest BCUT2D eigenvalue weighted by Gasteiger charge is 2.20. The van der Waals surface area contributed by atoms with E-state index in [1.54, 1.807) is 6.92 Å². The number of rotatable bonds is 5. The Bertz CT molecular complexity index is 403. The highest BCUT2D eigenvalue weighted by atomic mass is 16.4. The topological polar surface area (TPSA) is 92.2 Å². The molecule has 1 unspecified atom stereocenters. The molecule has 6 heteroatoms. The molecular formula is C11H15N3O3. The van der Waals surface area contributed by atoms with Gasteiger partial charge in [0.1, 0.15) is 11.7 Å². The van der Waals surface area contributed by atoms with Crippen LogP contribution >= 0.6 is 0 Å². The van der Waals surface area contributed by atoms with Gasteiger partial charge in [-0.15, -0.1) is 0 Å². The van der Waals surface area contributed by atoms with Crippen molar-refractivity contribution in [2.75, 3.05) is 0 Å². The van der Waals surface area contributed by atoms with Crippen molar-refractivity contribution >= 4 is 11.9 Å². The van der Waals surface area contributed by atoms with Crippen LogP contribution in [0.3, 0.4) is 0 Å². The van der Waals surface area contributed by atoms with Crippen molar-refractivity contribution in [3.8, 4) is 0 Å². The van der Waals surface area contributed by atoms with Gasteiger partial charge in [0.25, 0.3) is 5.91 Å². The third kappa shape index (κ3) is 3.82. The molecule has 0 aliphatic heterocycles. The molecule has 1 atom stereocenters. The Morgan fingerprint density at radius 3 is 2.59 bits per heavy atom. The molecule has 1 amide bonds. The number of carboxylic acid groups (broad SMARTS) is 1. The molecule has 0 spiro atoms. The molecule has 1 aromatic rings. The van der Waals surface area contributed by atoms with Crippen LogP contribution in [0, 0.1) is 6.92 Å². The van der Waals surface area contributed by atoms with Crippen molar-refractivity contribution in [1.82, 2.24) is 15.3 Å². The summed E-state index contributed by atoms with van der Waals surface area (Å²) in [7, 11) is 0. The van der Waals surface area contributed by atoms with Gasteiger partial charge in [-0.3, -0.25) is 9.78 Å². The minimum atomic E-state index is -1.04. The van der Waals surface area contributed by atoms with Crippen LogP contribution in [-0.4, -0.2) is 33.0 Å². The summed E-state index contributed by atoms with van der Waals surface area (Å²) in [6.07, 6.45) is 3.86. The van der Waals surface area contributed by atoms with Gasteiger partial charge < -0.3 is 10.4 Å². The molecule has 6 nitrogen and oxygen atoms in total. The molecule has 0 aromatic carbocycles. The molecule has 2 N–H and O–H groups in total. The molecular weight excluding hydrogens is 222 g/mol.